The van der Waals surface area contributed by atoms with Gasteiger partial charge in [0.25, 0.3) is 0 Å². The van der Waals surface area contributed by atoms with E-state index in [0.717, 1.165) is 45.3 Å². The van der Waals surface area contributed by atoms with Gasteiger partial charge in [0.15, 0.2) is 0 Å². The first-order valence-electron chi connectivity index (χ1n) is 8.35. The second-order valence-corrected chi connectivity index (χ2v) is 6.54. The largest absolute Gasteiger partial charge is 0.381 e. The summed E-state index contributed by atoms with van der Waals surface area (Å²) in [6.07, 6.45) is 2.39. The highest BCUT2D eigenvalue weighted by molar-refractivity contribution is 5.85. The predicted molar refractivity (Wildman–Crippen MR) is 101 cm³/mol. The minimum absolute atomic E-state index is 0. The van der Waals surface area contributed by atoms with Crippen molar-refractivity contribution < 1.29 is 4.74 Å². The summed E-state index contributed by atoms with van der Waals surface area (Å²) in [4.78, 5) is 2.70. The van der Waals surface area contributed by atoms with Gasteiger partial charge in [-0.3, -0.25) is 4.90 Å². The molecule has 0 amide bonds. The van der Waals surface area contributed by atoms with Crippen LogP contribution in [0.25, 0.3) is 0 Å². The summed E-state index contributed by atoms with van der Waals surface area (Å²) in [5, 5.41) is 3.48. The molecule has 0 aliphatic carbocycles. The summed E-state index contributed by atoms with van der Waals surface area (Å²) in [7, 11) is 0. The first-order valence-corrected chi connectivity index (χ1v) is 8.35. The second kappa shape index (κ2) is 9.85. The number of hydrogen-bond donors (Lipinski definition) is 1. The van der Waals surface area contributed by atoms with E-state index in [1.165, 1.54) is 24.0 Å². The zero-order chi connectivity index (χ0) is 14.7. The Morgan fingerprint density at radius 1 is 1.09 bits per heavy atom. The third-order valence-corrected chi connectivity index (χ3v) is 5.01. The molecule has 1 N–H and O–H groups in total. The number of benzene rings is 1. The van der Waals surface area contributed by atoms with E-state index in [9.17, 15) is 0 Å². The molecule has 2 heterocycles. The van der Waals surface area contributed by atoms with Crippen LogP contribution in [0.3, 0.4) is 0 Å². The first kappa shape index (κ1) is 20.7. The van der Waals surface area contributed by atoms with E-state index < -0.39 is 0 Å². The number of aryl methyl sites for hydroxylation is 2. The average molecular weight is 361 g/mol. The minimum atomic E-state index is 0. The van der Waals surface area contributed by atoms with Crippen molar-refractivity contribution in [2.24, 2.45) is 5.92 Å². The van der Waals surface area contributed by atoms with E-state index in [-0.39, 0.29) is 24.8 Å². The number of ether oxygens (including phenoxy) is 1. The highest BCUT2D eigenvalue weighted by atomic mass is 35.5. The average Bonchev–Trinajstić information content (AvgIpc) is 2.53. The van der Waals surface area contributed by atoms with Gasteiger partial charge < -0.3 is 10.1 Å². The van der Waals surface area contributed by atoms with Gasteiger partial charge in [-0.15, -0.1) is 24.8 Å². The van der Waals surface area contributed by atoms with E-state index in [4.69, 9.17) is 4.74 Å². The summed E-state index contributed by atoms with van der Waals surface area (Å²) in [5.41, 5.74) is 4.36. The Hall–Kier alpha value is -0.320. The normalized spacial score (nSPS) is 21.1. The standard InChI is InChI=1S/C18H28N2O.2ClH/c1-14-3-4-15(2)17(13-14)18(16-5-11-21-12-6-16)20-9-7-19-8-10-20;;/h3-4,13,16,18-19H,5-12H2,1-2H3;2*1H/t18-;;/m1../s1. The fourth-order valence-corrected chi connectivity index (χ4v) is 3.82. The van der Waals surface area contributed by atoms with Crippen molar-refractivity contribution in [2.75, 3.05) is 39.4 Å². The molecule has 1 atom stereocenters. The molecule has 3 rings (SSSR count). The number of nitrogens with zero attached hydrogens (tertiary/aromatic N) is 1. The van der Waals surface area contributed by atoms with Crippen LogP contribution in [-0.4, -0.2) is 44.3 Å². The molecule has 3 nitrogen and oxygen atoms in total. The van der Waals surface area contributed by atoms with Crippen LogP contribution in [0.1, 0.15) is 35.6 Å². The number of rotatable bonds is 3. The molecular weight excluding hydrogens is 331 g/mol. The van der Waals surface area contributed by atoms with Crippen LogP contribution in [-0.2, 0) is 4.74 Å². The number of nitrogens with one attached hydrogen (secondary N) is 1. The van der Waals surface area contributed by atoms with E-state index in [2.05, 4.69) is 42.3 Å². The molecule has 0 unspecified atom stereocenters. The van der Waals surface area contributed by atoms with E-state index in [0.29, 0.717) is 6.04 Å². The van der Waals surface area contributed by atoms with Crippen molar-refractivity contribution in [2.45, 2.75) is 32.7 Å². The van der Waals surface area contributed by atoms with Gasteiger partial charge in [-0.05, 0) is 43.7 Å². The topological polar surface area (TPSA) is 24.5 Å². The van der Waals surface area contributed by atoms with Crippen LogP contribution in [0.5, 0.6) is 0 Å². The third-order valence-electron chi connectivity index (χ3n) is 5.01. The van der Waals surface area contributed by atoms with Gasteiger partial charge in [0.05, 0.1) is 0 Å². The molecule has 5 heteroatoms. The zero-order valence-electron chi connectivity index (χ0n) is 14.2. The maximum atomic E-state index is 5.60. The molecule has 23 heavy (non-hydrogen) atoms. The maximum absolute atomic E-state index is 5.60. The monoisotopic (exact) mass is 360 g/mol. The van der Waals surface area contributed by atoms with Crippen LogP contribution in [0.15, 0.2) is 18.2 Å². The van der Waals surface area contributed by atoms with Crippen LogP contribution in [0, 0.1) is 19.8 Å². The van der Waals surface area contributed by atoms with Crippen LogP contribution >= 0.6 is 24.8 Å². The fraction of sp³-hybridized carbons (Fsp3) is 0.667. The first-order chi connectivity index (χ1) is 10.3. The van der Waals surface area contributed by atoms with Gasteiger partial charge in [0.1, 0.15) is 0 Å². The summed E-state index contributed by atoms with van der Waals surface area (Å²) in [6, 6.07) is 7.50. The predicted octanol–water partition coefficient (Wildman–Crippen LogP) is 3.52. The van der Waals surface area contributed by atoms with Gasteiger partial charge in [-0.1, -0.05) is 23.8 Å². The molecule has 0 saturated carbocycles. The molecule has 132 valence electrons. The Labute approximate surface area is 153 Å². The van der Waals surface area contributed by atoms with E-state index >= 15 is 0 Å². The van der Waals surface area contributed by atoms with Crippen molar-refractivity contribution in [3.8, 4) is 0 Å². The fourth-order valence-electron chi connectivity index (χ4n) is 3.82. The lowest BCUT2D eigenvalue weighted by Crippen LogP contribution is -2.47. The lowest BCUT2D eigenvalue weighted by molar-refractivity contribution is 0.0211. The quantitative estimate of drug-likeness (QED) is 0.892. The van der Waals surface area contributed by atoms with E-state index in [1.807, 2.05) is 0 Å². The lowest BCUT2D eigenvalue weighted by atomic mass is 9.83. The third kappa shape index (κ3) is 5.07. The van der Waals surface area contributed by atoms with Crippen LogP contribution in [0.4, 0.5) is 0 Å². The highest BCUT2D eigenvalue weighted by Crippen LogP contribution is 2.37. The molecule has 1 aromatic carbocycles. The minimum Gasteiger partial charge on any atom is -0.381 e. The Morgan fingerprint density at radius 3 is 2.39 bits per heavy atom. The van der Waals surface area contributed by atoms with E-state index in [1.54, 1.807) is 5.56 Å². The molecule has 0 bridgehead atoms. The maximum Gasteiger partial charge on any atom is 0.0469 e. The molecule has 2 aliphatic rings. The molecule has 0 radical (unpaired) electrons. The number of halogens is 2. The Balaban J connectivity index is 0.00000132. The summed E-state index contributed by atoms with van der Waals surface area (Å²) in [6.45, 7) is 10.9. The van der Waals surface area contributed by atoms with Crippen molar-refractivity contribution >= 4 is 24.8 Å². The molecule has 2 saturated heterocycles. The molecule has 0 aromatic heterocycles. The lowest BCUT2D eigenvalue weighted by Gasteiger charge is -2.41. The van der Waals surface area contributed by atoms with Gasteiger partial charge >= 0.3 is 0 Å². The SMILES string of the molecule is Cc1ccc(C)c([C@@H](C2CCOCC2)N2CCNCC2)c1.Cl.Cl. The number of hydrogen-bond acceptors (Lipinski definition) is 3. The summed E-state index contributed by atoms with van der Waals surface area (Å²) in [5.74, 6) is 0.734. The Bertz CT molecular complexity index is 454. The van der Waals surface area contributed by atoms with Crippen LogP contribution in [0.2, 0.25) is 0 Å². The smallest absolute Gasteiger partial charge is 0.0469 e. The molecule has 1 aromatic rings. The zero-order valence-corrected chi connectivity index (χ0v) is 15.8. The number of piperazine rings is 1. The van der Waals surface area contributed by atoms with Crippen molar-refractivity contribution in [1.82, 2.24) is 10.2 Å². The van der Waals surface area contributed by atoms with Gasteiger partial charge in [0.2, 0.25) is 0 Å². The second-order valence-electron chi connectivity index (χ2n) is 6.54. The highest BCUT2D eigenvalue weighted by Gasteiger charge is 2.32. The van der Waals surface area contributed by atoms with Crippen molar-refractivity contribution in [3.05, 3.63) is 34.9 Å². The van der Waals surface area contributed by atoms with Crippen molar-refractivity contribution in [1.29, 1.82) is 0 Å². The van der Waals surface area contributed by atoms with Gasteiger partial charge in [-0.25, -0.2) is 0 Å². The summed E-state index contributed by atoms with van der Waals surface area (Å²) < 4.78 is 5.60. The Kier molecular flexibility index (Phi) is 8.88. The summed E-state index contributed by atoms with van der Waals surface area (Å²) >= 11 is 0. The molecule has 2 aliphatic heterocycles. The molecule has 2 fully saturated rings. The van der Waals surface area contributed by atoms with Crippen molar-refractivity contribution in [3.63, 3.8) is 0 Å². The molecule has 0 spiro atoms. The van der Waals surface area contributed by atoms with Gasteiger partial charge in [-0.2, -0.15) is 0 Å². The Morgan fingerprint density at radius 2 is 1.74 bits per heavy atom. The van der Waals surface area contributed by atoms with Crippen LogP contribution < -0.4 is 5.32 Å². The van der Waals surface area contributed by atoms with Gasteiger partial charge in [0, 0.05) is 45.4 Å². The molecular formula is C18H30Cl2N2O.